The van der Waals surface area contributed by atoms with E-state index in [1.165, 1.54) is 12.2 Å². The Morgan fingerprint density at radius 1 is 1.69 bits per heavy atom. The molecule has 0 aliphatic carbocycles. The molecule has 0 radical (unpaired) electrons. The number of hydrogen-bond acceptors (Lipinski definition) is 3. The number of carbonyl (C=O) groups excluding carboxylic acids is 1. The molecule has 13 heavy (non-hydrogen) atoms. The summed E-state index contributed by atoms with van der Waals surface area (Å²) in [6.07, 6.45) is 2.76. The van der Waals surface area contributed by atoms with E-state index < -0.39 is 5.91 Å². The highest BCUT2D eigenvalue weighted by Crippen LogP contribution is 2.09. The highest BCUT2D eigenvalue weighted by atomic mass is 16.5. The molecule has 0 atom stereocenters. The molecule has 0 fully saturated rings. The van der Waals surface area contributed by atoms with Crippen LogP contribution in [0.2, 0.25) is 0 Å². The minimum atomic E-state index is -0.496. The molecule has 1 amide bonds. The molecule has 0 unspecified atom stereocenters. The molecule has 4 heteroatoms. The molecule has 0 bridgehead atoms. The second kappa shape index (κ2) is 4.47. The van der Waals surface area contributed by atoms with Crippen LogP contribution in [0, 0.1) is 0 Å². The number of amides is 1. The summed E-state index contributed by atoms with van der Waals surface area (Å²) in [5.41, 5.74) is 4.91. The second-order valence-electron chi connectivity index (χ2n) is 2.47. The largest absolute Gasteiger partial charge is 0.459 e. The second-order valence-corrected chi connectivity index (χ2v) is 2.47. The van der Waals surface area contributed by atoms with Crippen LogP contribution in [0.4, 0.5) is 0 Å². The minimum absolute atomic E-state index is 0.421. The Morgan fingerprint density at radius 2 is 2.46 bits per heavy atom. The van der Waals surface area contributed by atoms with Gasteiger partial charge in [0, 0.05) is 13.2 Å². The van der Waals surface area contributed by atoms with Crippen molar-refractivity contribution in [3.05, 3.63) is 29.7 Å². The quantitative estimate of drug-likeness (QED) is 0.702. The van der Waals surface area contributed by atoms with Gasteiger partial charge in [-0.2, -0.15) is 0 Å². The maximum Gasteiger partial charge on any atom is 0.241 e. The maximum atomic E-state index is 10.4. The number of furan rings is 1. The fourth-order valence-corrected chi connectivity index (χ4v) is 0.868. The molecule has 0 aliphatic heterocycles. The van der Waals surface area contributed by atoms with Crippen LogP contribution in [-0.2, 0) is 16.1 Å². The fraction of sp³-hybridized carbons (Fsp3) is 0.222. The molecule has 70 valence electrons. The molecule has 1 aromatic rings. The van der Waals surface area contributed by atoms with Crippen molar-refractivity contribution in [1.82, 2.24) is 0 Å². The predicted octanol–water partition coefficient (Wildman–Crippen LogP) is 0.925. The third-order valence-corrected chi connectivity index (χ3v) is 1.38. The highest BCUT2D eigenvalue weighted by molar-refractivity contribution is 5.89. The van der Waals surface area contributed by atoms with Crippen molar-refractivity contribution in [3.8, 4) is 0 Å². The Bertz CT molecular complexity index is 314. The van der Waals surface area contributed by atoms with Crippen molar-refractivity contribution in [2.24, 2.45) is 5.73 Å². The van der Waals surface area contributed by atoms with Crippen LogP contribution in [0.5, 0.6) is 0 Å². The van der Waals surface area contributed by atoms with Gasteiger partial charge in [0.15, 0.2) is 0 Å². The average Bonchev–Trinajstić information content (AvgIpc) is 2.50. The zero-order chi connectivity index (χ0) is 9.68. The maximum absolute atomic E-state index is 10.4. The first-order chi connectivity index (χ1) is 6.22. The lowest BCUT2D eigenvalue weighted by Gasteiger charge is -1.91. The lowest BCUT2D eigenvalue weighted by Crippen LogP contribution is -2.04. The van der Waals surface area contributed by atoms with Gasteiger partial charge in [0.1, 0.15) is 18.1 Å². The van der Waals surface area contributed by atoms with Gasteiger partial charge in [0.05, 0.1) is 0 Å². The molecule has 1 heterocycles. The van der Waals surface area contributed by atoms with Crippen molar-refractivity contribution in [2.45, 2.75) is 6.61 Å². The molecule has 2 N–H and O–H groups in total. The summed E-state index contributed by atoms with van der Waals surface area (Å²) in [6, 6.07) is 3.53. The third kappa shape index (κ3) is 3.13. The Hall–Kier alpha value is -1.55. The molecule has 0 saturated heterocycles. The number of nitrogens with two attached hydrogens (primary N) is 1. The van der Waals surface area contributed by atoms with Crippen LogP contribution in [0.3, 0.4) is 0 Å². The van der Waals surface area contributed by atoms with Gasteiger partial charge in [-0.25, -0.2) is 0 Å². The van der Waals surface area contributed by atoms with Crippen molar-refractivity contribution < 1.29 is 13.9 Å². The minimum Gasteiger partial charge on any atom is -0.459 e. The van der Waals surface area contributed by atoms with Gasteiger partial charge in [-0.15, -0.1) is 0 Å². The fourth-order valence-electron chi connectivity index (χ4n) is 0.868. The van der Waals surface area contributed by atoms with E-state index in [0.29, 0.717) is 18.1 Å². The van der Waals surface area contributed by atoms with Crippen LogP contribution < -0.4 is 5.73 Å². The van der Waals surface area contributed by atoms with Gasteiger partial charge in [-0.05, 0) is 18.2 Å². The first-order valence-electron chi connectivity index (χ1n) is 3.77. The zero-order valence-electron chi connectivity index (χ0n) is 7.32. The molecule has 0 aromatic carbocycles. The third-order valence-electron chi connectivity index (χ3n) is 1.38. The van der Waals surface area contributed by atoms with Gasteiger partial charge in [-0.1, -0.05) is 0 Å². The van der Waals surface area contributed by atoms with E-state index in [0.717, 1.165) is 0 Å². The molecule has 4 nitrogen and oxygen atoms in total. The Morgan fingerprint density at radius 3 is 3.08 bits per heavy atom. The van der Waals surface area contributed by atoms with Gasteiger partial charge < -0.3 is 14.9 Å². The summed E-state index contributed by atoms with van der Waals surface area (Å²) in [6.45, 7) is 0.421. The van der Waals surface area contributed by atoms with Gasteiger partial charge in [0.25, 0.3) is 0 Å². The van der Waals surface area contributed by atoms with Crippen LogP contribution in [0.1, 0.15) is 11.5 Å². The molecular formula is C9H11NO3. The molecule has 1 aromatic heterocycles. The Kier molecular flexibility index (Phi) is 3.28. The van der Waals surface area contributed by atoms with Crippen LogP contribution >= 0.6 is 0 Å². The van der Waals surface area contributed by atoms with E-state index in [4.69, 9.17) is 14.9 Å². The van der Waals surface area contributed by atoms with Crippen LogP contribution in [0.15, 0.2) is 22.6 Å². The van der Waals surface area contributed by atoms with Crippen LogP contribution in [0.25, 0.3) is 6.08 Å². The average molecular weight is 181 g/mol. The molecule has 0 spiro atoms. The number of carbonyl (C=O) groups is 1. The lowest BCUT2D eigenvalue weighted by atomic mass is 10.4. The predicted molar refractivity (Wildman–Crippen MR) is 47.6 cm³/mol. The van der Waals surface area contributed by atoms with E-state index in [9.17, 15) is 4.79 Å². The number of ether oxygens (including phenoxy) is 1. The lowest BCUT2D eigenvalue weighted by molar-refractivity contribution is -0.113. The number of rotatable bonds is 4. The van der Waals surface area contributed by atoms with E-state index in [1.807, 2.05) is 0 Å². The van der Waals surface area contributed by atoms with Gasteiger partial charge >= 0.3 is 0 Å². The van der Waals surface area contributed by atoms with Crippen LogP contribution in [-0.4, -0.2) is 13.0 Å². The summed E-state index contributed by atoms with van der Waals surface area (Å²) in [5.74, 6) is 0.808. The Labute approximate surface area is 76.0 Å². The molecular weight excluding hydrogens is 170 g/mol. The van der Waals surface area contributed by atoms with Crippen molar-refractivity contribution >= 4 is 12.0 Å². The number of hydrogen-bond donors (Lipinski definition) is 1. The van der Waals surface area contributed by atoms with Gasteiger partial charge in [0.2, 0.25) is 5.91 Å². The van der Waals surface area contributed by atoms with Gasteiger partial charge in [-0.3, -0.25) is 4.79 Å². The standard InChI is InChI=1S/C9H11NO3/c1-12-6-8-3-2-7(13-8)4-5-9(10)11/h2-5H,6H2,1H3,(H2,10,11). The number of primary amides is 1. The molecule has 0 aliphatic rings. The summed E-state index contributed by atoms with van der Waals surface area (Å²) in [5, 5.41) is 0. The normalized spacial score (nSPS) is 10.8. The number of methoxy groups -OCH3 is 1. The van der Waals surface area contributed by atoms with Crippen molar-refractivity contribution in [3.63, 3.8) is 0 Å². The summed E-state index contributed by atoms with van der Waals surface area (Å²) < 4.78 is 10.1. The zero-order valence-corrected chi connectivity index (χ0v) is 7.32. The first kappa shape index (κ1) is 9.54. The first-order valence-corrected chi connectivity index (χ1v) is 3.77. The summed E-state index contributed by atoms with van der Waals surface area (Å²) in [4.78, 5) is 10.4. The SMILES string of the molecule is COCc1ccc(C=CC(N)=O)o1. The van der Waals surface area contributed by atoms with Crippen molar-refractivity contribution in [1.29, 1.82) is 0 Å². The topological polar surface area (TPSA) is 65.5 Å². The summed E-state index contributed by atoms with van der Waals surface area (Å²) >= 11 is 0. The molecule has 1 rings (SSSR count). The Balaban J connectivity index is 2.63. The van der Waals surface area contributed by atoms with E-state index in [-0.39, 0.29) is 0 Å². The van der Waals surface area contributed by atoms with E-state index in [1.54, 1.807) is 19.2 Å². The van der Waals surface area contributed by atoms with E-state index >= 15 is 0 Å². The smallest absolute Gasteiger partial charge is 0.241 e. The molecule has 0 saturated carbocycles. The summed E-state index contributed by atoms with van der Waals surface area (Å²) in [7, 11) is 1.58. The van der Waals surface area contributed by atoms with E-state index in [2.05, 4.69) is 0 Å². The monoisotopic (exact) mass is 181 g/mol. The van der Waals surface area contributed by atoms with Crippen molar-refractivity contribution in [2.75, 3.05) is 7.11 Å². The highest BCUT2D eigenvalue weighted by Gasteiger charge is 1.97.